The van der Waals surface area contributed by atoms with Crippen LogP contribution in [0.3, 0.4) is 0 Å². The first-order valence-electron chi connectivity index (χ1n) is 6.80. The minimum Gasteiger partial charge on any atom is -0.258 e. The second-order valence-electron chi connectivity index (χ2n) is 5.13. The summed E-state index contributed by atoms with van der Waals surface area (Å²) in [7, 11) is -3.73. The van der Waals surface area contributed by atoms with Crippen molar-refractivity contribution in [1.29, 1.82) is 0 Å². The molecule has 0 bridgehead atoms. The van der Waals surface area contributed by atoms with Crippen LogP contribution in [-0.4, -0.2) is 13.3 Å². The Balaban J connectivity index is 2.17. The highest BCUT2D eigenvalue weighted by Crippen LogP contribution is 2.24. The molecule has 7 heteroatoms. The summed E-state index contributed by atoms with van der Waals surface area (Å²) in [5, 5.41) is 11.9. The van der Waals surface area contributed by atoms with Gasteiger partial charge in [-0.2, -0.15) is 8.42 Å². The van der Waals surface area contributed by atoms with Gasteiger partial charge in [-0.3, -0.25) is 10.1 Å². The molecule has 116 valence electrons. The lowest BCUT2D eigenvalue weighted by molar-refractivity contribution is -0.509. The minimum atomic E-state index is -3.73. The Hall–Kier alpha value is -2.80. The lowest BCUT2D eigenvalue weighted by Crippen LogP contribution is -2.41. The van der Waals surface area contributed by atoms with Gasteiger partial charge >= 0.3 is 10.0 Å². The van der Waals surface area contributed by atoms with Crippen LogP contribution in [-0.2, 0) is 10.0 Å². The molecular weight excluding hydrogens is 316 g/mol. The fraction of sp³-hybridized carbons (Fsp3) is 0.0625. The molecule has 0 aliphatic rings. The number of nitrogens with zero attached hydrogens (tertiary/aromatic N) is 2. The molecule has 0 saturated carbocycles. The van der Waals surface area contributed by atoms with Crippen LogP contribution in [0.4, 0.5) is 5.69 Å². The summed E-state index contributed by atoms with van der Waals surface area (Å²) in [5.41, 5.74) is 0.908. The lowest BCUT2D eigenvalue weighted by atomic mass is 10.1. The van der Waals surface area contributed by atoms with Crippen molar-refractivity contribution < 1.29 is 17.3 Å². The van der Waals surface area contributed by atoms with Crippen LogP contribution < -0.4 is 3.97 Å². The molecule has 0 N–H and O–H groups in total. The van der Waals surface area contributed by atoms with Crippen molar-refractivity contribution in [2.45, 2.75) is 11.8 Å². The van der Waals surface area contributed by atoms with Gasteiger partial charge in [0.25, 0.3) is 5.69 Å². The van der Waals surface area contributed by atoms with E-state index in [0.717, 1.165) is 9.54 Å². The number of hydrogen-bond acceptors (Lipinski definition) is 4. The quantitative estimate of drug-likeness (QED) is 0.420. The molecule has 0 radical (unpaired) electrons. The van der Waals surface area contributed by atoms with Gasteiger partial charge in [0.15, 0.2) is 12.4 Å². The van der Waals surface area contributed by atoms with Gasteiger partial charge < -0.3 is 0 Å². The standard InChI is InChI=1S/C16H13N2O4S/c1-12-5-7-14(8-6-12)23(21,22)17-10-9-15-13(11-17)3-2-4-16(15)18(19)20/h2-11H,1H3/q+1. The zero-order valence-corrected chi connectivity index (χ0v) is 13.0. The molecular formula is C16H13N2O4S+. The Morgan fingerprint density at radius 3 is 2.39 bits per heavy atom. The number of non-ortho nitro benzene ring substituents is 1. The van der Waals surface area contributed by atoms with Crippen LogP contribution in [0.1, 0.15) is 5.56 Å². The number of hydrogen-bond donors (Lipinski definition) is 0. The van der Waals surface area contributed by atoms with Gasteiger partial charge in [0.1, 0.15) is 4.90 Å². The van der Waals surface area contributed by atoms with E-state index in [9.17, 15) is 18.5 Å². The van der Waals surface area contributed by atoms with Gasteiger partial charge in [0.2, 0.25) is 0 Å². The van der Waals surface area contributed by atoms with Crippen LogP contribution in [0.5, 0.6) is 0 Å². The third-order valence-corrected chi connectivity index (χ3v) is 5.21. The first kappa shape index (κ1) is 15.1. The van der Waals surface area contributed by atoms with Crippen molar-refractivity contribution in [1.82, 2.24) is 0 Å². The summed E-state index contributed by atoms with van der Waals surface area (Å²) in [6.07, 6.45) is 2.71. The summed E-state index contributed by atoms with van der Waals surface area (Å²) >= 11 is 0. The molecule has 0 spiro atoms. The third-order valence-electron chi connectivity index (χ3n) is 3.56. The van der Waals surface area contributed by atoms with Gasteiger partial charge in [-0.1, -0.05) is 27.7 Å². The molecule has 3 aromatic rings. The molecule has 0 saturated heterocycles. The Morgan fingerprint density at radius 1 is 1.04 bits per heavy atom. The normalized spacial score (nSPS) is 11.5. The van der Waals surface area contributed by atoms with Gasteiger partial charge in [-0.15, -0.1) is 0 Å². The Kier molecular flexibility index (Phi) is 3.57. The second-order valence-corrected chi connectivity index (χ2v) is 6.97. The van der Waals surface area contributed by atoms with Crippen molar-refractivity contribution in [2.75, 3.05) is 0 Å². The number of aryl methyl sites for hydroxylation is 1. The first-order valence-corrected chi connectivity index (χ1v) is 8.24. The van der Waals surface area contributed by atoms with Crippen LogP contribution in [0.2, 0.25) is 0 Å². The van der Waals surface area contributed by atoms with Crippen LogP contribution in [0.15, 0.2) is 65.8 Å². The topological polar surface area (TPSA) is 81.2 Å². The number of benzene rings is 2. The summed E-state index contributed by atoms with van der Waals surface area (Å²) in [6, 6.07) is 12.5. The maximum atomic E-state index is 12.6. The lowest BCUT2D eigenvalue weighted by Gasteiger charge is -2.02. The van der Waals surface area contributed by atoms with Crippen LogP contribution >= 0.6 is 0 Å². The Bertz CT molecular complexity index is 1010. The average Bonchev–Trinajstić information content (AvgIpc) is 2.54. The molecule has 0 fully saturated rings. The van der Waals surface area contributed by atoms with E-state index in [1.807, 2.05) is 6.92 Å². The van der Waals surface area contributed by atoms with Gasteiger partial charge in [0, 0.05) is 12.1 Å². The number of nitro groups is 1. The molecule has 0 aliphatic carbocycles. The smallest absolute Gasteiger partial charge is 0.258 e. The number of nitro benzene ring substituents is 1. The molecule has 2 aromatic carbocycles. The van der Waals surface area contributed by atoms with E-state index in [-0.39, 0.29) is 10.6 Å². The third kappa shape index (κ3) is 2.66. The molecule has 0 unspecified atom stereocenters. The fourth-order valence-electron chi connectivity index (χ4n) is 2.33. The van der Waals surface area contributed by atoms with Crippen LogP contribution in [0.25, 0.3) is 10.8 Å². The molecule has 1 heterocycles. The van der Waals surface area contributed by atoms with Crippen molar-refractivity contribution in [3.8, 4) is 0 Å². The summed E-state index contributed by atoms with van der Waals surface area (Å²) in [5.74, 6) is 0. The predicted octanol–water partition coefficient (Wildman–Crippen LogP) is 2.58. The average molecular weight is 329 g/mol. The Morgan fingerprint density at radius 2 is 1.74 bits per heavy atom. The maximum absolute atomic E-state index is 12.6. The zero-order chi connectivity index (χ0) is 16.6. The zero-order valence-electron chi connectivity index (χ0n) is 12.2. The van der Waals surface area contributed by atoms with Gasteiger partial charge in [0.05, 0.1) is 15.7 Å². The monoisotopic (exact) mass is 329 g/mol. The molecule has 3 rings (SSSR count). The molecule has 1 aromatic heterocycles. The highest BCUT2D eigenvalue weighted by molar-refractivity contribution is 7.85. The summed E-state index contributed by atoms with van der Waals surface area (Å²) in [4.78, 5) is 10.7. The predicted molar refractivity (Wildman–Crippen MR) is 84.6 cm³/mol. The molecule has 23 heavy (non-hydrogen) atoms. The van der Waals surface area contributed by atoms with E-state index in [1.54, 1.807) is 18.2 Å². The summed E-state index contributed by atoms with van der Waals surface area (Å²) in [6.45, 7) is 1.87. The van der Waals surface area contributed by atoms with E-state index in [1.165, 1.54) is 42.7 Å². The minimum absolute atomic E-state index is 0.0533. The van der Waals surface area contributed by atoms with Gasteiger partial charge in [-0.05, 0) is 25.1 Å². The Labute approximate surface area is 132 Å². The first-order chi connectivity index (χ1) is 10.9. The van der Waals surface area contributed by atoms with Gasteiger partial charge in [-0.25, -0.2) is 0 Å². The van der Waals surface area contributed by atoms with Crippen molar-refractivity contribution in [3.05, 3.63) is 76.6 Å². The van der Waals surface area contributed by atoms with E-state index in [4.69, 9.17) is 0 Å². The van der Waals surface area contributed by atoms with E-state index >= 15 is 0 Å². The molecule has 0 amide bonds. The van der Waals surface area contributed by atoms with E-state index in [2.05, 4.69) is 0 Å². The van der Waals surface area contributed by atoms with Crippen molar-refractivity contribution in [2.24, 2.45) is 0 Å². The number of rotatable bonds is 3. The largest absolute Gasteiger partial charge is 0.399 e. The number of fused-ring (bicyclic) bond motifs is 1. The second kappa shape index (κ2) is 5.44. The fourth-order valence-corrected chi connectivity index (χ4v) is 3.53. The molecule has 6 nitrogen and oxygen atoms in total. The SMILES string of the molecule is Cc1ccc(S(=O)(=O)[n+]2ccc3c([N+](=O)[O-])cccc3c2)cc1. The highest BCUT2D eigenvalue weighted by atomic mass is 32.2. The highest BCUT2D eigenvalue weighted by Gasteiger charge is 2.26. The number of aromatic nitrogens is 1. The van der Waals surface area contributed by atoms with Crippen LogP contribution in [0, 0.1) is 17.0 Å². The maximum Gasteiger partial charge on any atom is 0.399 e. The van der Waals surface area contributed by atoms with E-state index < -0.39 is 14.9 Å². The van der Waals surface area contributed by atoms with Crippen molar-refractivity contribution >= 4 is 26.5 Å². The number of pyridine rings is 1. The molecule has 0 aliphatic heterocycles. The van der Waals surface area contributed by atoms with E-state index in [0.29, 0.717) is 10.8 Å². The van der Waals surface area contributed by atoms with Crippen molar-refractivity contribution in [3.63, 3.8) is 0 Å². The molecule has 0 atom stereocenters. The summed E-state index contributed by atoms with van der Waals surface area (Å²) < 4.78 is 26.3.